The van der Waals surface area contributed by atoms with Gasteiger partial charge in [-0.05, 0) is 37.8 Å². The Morgan fingerprint density at radius 3 is 2.25 bits per heavy atom. The van der Waals surface area contributed by atoms with Gasteiger partial charge in [0.2, 0.25) is 5.91 Å². The van der Waals surface area contributed by atoms with Crippen molar-refractivity contribution in [2.24, 2.45) is 5.92 Å². The number of rotatable bonds is 3. The van der Waals surface area contributed by atoms with Crippen LogP contribution in [0.25, 0.3) is 0 Å². The summed E-state index contributed by atoms with van der Waals surface area (Å²) in [7, 11) is 0. The summed E-state index contributed by atoms with van der Waals surface area (Å²) in [5.74, 6) is -1.30. The molecule has 24 heavy (non-hydrogen) atoms. The predicted molar refractivity (Wildman–Crippen MR) is 87.4 cm³/mol. The van der Waals surface area contributed by atoms with Gasteiger partial charge in [0.25, 0.3) is 5.91 Å². The number of amides is 2. The van der Waals surface area contributed by atoms with E-state index >= 15 is 0 Å². The Balaban J connectivity index is 1.66. The lowest BCUT2D eigenvalue weighted by Crippen LogP contribution is -2.50. The van der Waals surface area contributed by atoms with Crippen molar-refractivity contribution in [1.29, 1.82) is 0 Å². The maximum atomic E-state index is 12.8. The van der Waals surface area contributed by atoms with Crippen molar-refractivity contribution in [3.05, 3.63) is 35.9 Å². The van der Waals surface area contributed by atoms with Gasteiger partial charge in [0.05, 0.1) is 5.92 Å². The Kier molecular flexibility index (Phi) is 4.83. The molecule has 2 heterocycles. The summed E-state index contributed by atoms with van der Waals surface area (Å²) in [6.45, 7) is 1.51. The van der Waals surface area contributed by atoms with Crippen LogP contribution >= 0.6 is 0 Å². The maximum absolute atomic E-state index is 12.8. The molecule has 128 valence electrons. The van der Waals surface area contributed by atoms with Crippen LogP contribution in [0.5, 0.6) is 0 Å². The van der Waals surface area contributed by atoms with Gasteiger partial charge in [0.15, 0.2) is 0 Å². The van der Waals surface area contributed by atoms with E-state index in [4.69, 9.17) is 5.11 Å². The van der Waals surface area contributed by atoms with Crippen molar-refractivity contribution >= 4 is 17.8 Å². The third-order valence-corrected chi connectivity index (χ3v) is 4.98. The van der Waals surface area contributed by atoms with E-state index in [1.807, 2.05) is 18.2 Å². The molecule has 2 aliphatic rings. The minimum atomic E-state index is -0.788. The first kappa shape index (κ1) is 16.5. The number of carbonyl (C=O) groups excluding carboxylic acids is 2. The molecule has 1 aromatic rings. The van der Waals surface area contributed by atoms with Gasteiger partial charge < -0.3 is 14.9 Å². The molecule has 2 fully saturated rings. The molecule has 6 nitrogen and oxygen atoms in total. The first-order chi connectivity index (χ1) is 11.6. The van der Waals surface area contributed by atoms with Gasteiger partial charge in [-0.25, -0.2) is 0 Å². The number of carboxylic acids is 1. The molecule has 2 amide bonds. The fraction of sp³-hybridized carbons (Fsp3) is 0.500. The summed E-state index contributed by atoms with van der Waals surface area (Å²) in [5, 5.41) is 9.06. The normalized spacial score (nSPS) is 21.8. The summed E-state index contributed by atoms with van der Waals surface area (Å²) in [6, 6.07) is 8.60. The zero-order valence-electron chi connectivity index (χ0n) is 13.6. The smallest absolute Gasteiger partial charge is 0.306 e. The fourth-order valence-corrected chi connectivity index (χ4v) is 3.57. The second-order valence-electron chi connectivity index (χ2n) is 6.46. The summed E-state index contributed by atoms with van der Waals surface area (Å²) in [4.78, 5) is 39.9. The van der Waals surface area contributed by atoms with Crippen molar-refractivity contribution in [2.75, 3.05) is 19.6 Å². The number of likely N-dealkylation sites (tertiary alicyclic amines) is 2. The van der Waals surface area contributed by atoms with Crippen LogP contribution < -0.4 is 0 Å². The molecule has 2 aliphatic heterocycles. The van der Waals surface area contributed by atoms with Crippen molar-refractivity contribution < 1.29 is 19.5 Å². The van der Waals surface area contributed by atoms with Crippen LogP contribution in [0, 0.1) is 5.92 Å². The zero-order valence-corrected chi connectivity index (χ0v) is 13.6. The molecule has 0 radical (unpaired) electrons. The van der Waals surface area contributed by atoms with E-state index in [1.165, 1.54) is 0 Å². The summed E-state index contributed by atoms with van der Waals surface area (Å²) < 4.78 is 0. The minimum absolute atomic E-state index is 0.0411. The summed E-state index contributed by atoms with van der Waals surface area (Å²) in [5.41, 5.74) is 0.599. The fourth-order valence-electron chi connectivity index (χ4n) is 3.57. The lowest BCUT2D eigenvalue weighted by atomic mass is 9.96. The summed E-state index contributed by atoms with van der Waals surface area (Å²) in [6.07, 6.45) is 2.47. The first-order valence-corrected chi connectivity index (χ1v) is 8.45. The van der Waals surface area contributed by atoms with Crippen molar-refractivity contribution in [2.45, 2.75) is 31.7 Å². The highest BCUT2D eigenvalue weighted by Gasteiger charge is 2.38. The number of benzene rings is 1. The summed E-state index contributed by atoms with van der Waals surface area (Å²) >= 11 is 0. The molecule has 0 saturated carbocycles. The molecule has 1 aromatic carbocycles. The molecule has 3 rings (SSSR count). The molecule has 6 heteroatoms. The van der Waals surface area contributed by atoms with E-state index in [2.05, 4.69) is 0 Å². The second kappa shape index (κ2) is 7.03. The quantitative estimate of drug-likeness (QED) is 0.913. The highest BCUT2D eigenvalue weighted by Crippen LogP contribution is 2.25. The number of aliphatic carboxylic acids is 1. The van der Waals surface area contributed by atoms with Gasteiger partial charge in [-0.2, -0.15) is 0 Å². The number of nitrogens with zero attached hydrogens (tertiary/aromatic N) is 2. The SMILES string of the molecule is O=C(O)C1CCN(C(=O)C2CCCN2C(=O)c2ccccc2)CC1. The molecule has 1 N–H and O–H groups in total. The van der Waals surface area contributed by atoms with Crippen LogP contribution in [0.3, 0.4) is 0 Å². The Bertz CT molecular complexity index is 623. The van der Waals surface area contributed by atoms with Gasteiger partial charge >= 0.3 is 5.97 Å². The number of piperidine rings is 1. The van der Waals surface area contributed by atoms with Gasteiger partial charge in [-0.1, -0.05) is 18.2 Å². The molecule has 0 spiro atoms. The van der Waals surface area contributed by atoms with Crippen LogP contribution in [0.4, 0.5) is 0 Å². The monoisotopic (exact) mass is 330 g/mol. The Labute approximate surface area is 141 Å². The van der Waals surface area contributed by atoms with Gasteiger partial charge in [0, 0.05) is 25.2 Å². The van der Waals surface area contributed by atoms with E-state index in [0.29, 0.717) is 44.5 Å². The van der Waals surface area contributed by atoms with Gasteiger partial charge in [-0.15, -0.1) is 0 Å². The van der Waals surface area contributed by atoms with Crippen molar-refractivity contribution in [3.63, 3.8) is 0 Å². The van der Waals surface area contributed by atoms with Gasteiger partial charge in [-0.3, -0.25) is 14.4 Å². The molecule has 1 atom stereocenters. The van der Waals surface area contributed by atoms with Gasteiger partial charge in [0.1, 0.15) is 6.04 Å². The molecule has 0 bridgehead atoms. The average Bonchev–Trinajstić information content (AvgIpc) is 3.11. The Hall–Kier alpha value is -2.37. The second-order valence-corrected chi connectivity index (χ2v) is 6.46. The Morgan fingerprint density at radius 2 is 1.62 bits per heavy atom. The van der Waals surface area contributed by atoms with E-state index in [0.717, 1.165) is 6.42 Å². The highest BCUT2D eigenvalue weighted by atomic mass is 16.4. The third kappa shape index (κ3) is 3.27. The highest BCUT2D eigenvalue weighted by molar-refractivity contribution is 5.98. The molecule has 0 aromatic heterocycles. The van der Waals surface area contributed by atoms with Crippen molar-refractivity contribution in [1.82, 2.24) is 9.80 Å². The molecule has 1 unspecified atom stereocenters. The number of hydrogen-bond donors (Lipinski definition) is 1. The largest absolute Gasteiger partial charge is 0.481 e. The van der Waals surface area contributed by atoms with Crippen LogP contribution in [0.1, 0.15) is 36.0 Å². The standard InChI is InChI=1S/C18H22N2O4/c21-16(13-5-2-1-3-6-13)20-10-4-7-15(20)17(22)19-11-8-14(9-12-19)18(23)24/h1-3,5-6,14-15H,4,7-12H2,(H,23,24). The zero-order chi connectivity index (χ0) is 17.1. The van der Waals surface area contributed by atoms with E-state index in [9.17, 15) is 14.4 Å². The third-order valence-electron chi connectivity index (χ3n) is 4.98. The van der Waals surface area contributed by atoms with Crippen LogP contribution in [0.2, 0.25) is 0 Å². The van der Waals surface area contributed by atoms with E-state index in [-0.39, 0.29) is 17.7 Å². The van der Waals surface area contributed by atoms with E-state index in [1.54, 1.807) is 21.9 Å². The number of carbonyl (C=O) groups is 3. The van der Waals surface area contributed by atoms with Crippen LogP contribution in [-0.4, -0.2) is 58.4 Å². The molecule has 0 aliphatic carbocycles. The average molecular weight is 330 g/mol. The lowest BCUT2D eigenvalue weighted by Gasteiger charge is -2.34. The first-order valence-electron chi connectivity index (χ1n) is 8.45. The van der Waals surface area contributed by atoms with E-state index < -0.39 is 12.0 Å². The number of carboxylic acid groups (broad SMARTS) is 1. The topological polar surface area (TPSA) is 77.9 Å². The van der Waals surface area contributed by atoms with Crippen LogP contribution in [0.15, 0.2) is 30.3 Å². The lowest BCUT2D eigenvalue weighted by molar-refractivity contribution is -0.146. The van der Waals surface area contributed by atoms with Crippen molar-refractivity contribution in [3.8, 4) is 0 Å². The Morgan fingerprint density at radius 1 is 0.958 bits per heavy atom. The molecular weight excluding hydrogens is 308 g/mol. The molecular formula is C18H22N2O4. The molecule has 2 saturated heterocycles. The predicted octanol–water partition coefficient (Wildman–Crippen LogP) is 1.61. The van der Waals surface area contributed by atoms with Crippen LogP contribution in [-0.2, 0) is 9.59 Å². The maximum Gasteiger partial charge on any atom is 0.306 e. The minimum Gasteiger partial charge on any atom is -0.481 e. The number of hydrogen-bond acceptors (Lipinski definition) is 3.